The van der Waals surface area contributed by atoms with E-state index >= 15 is 0 Å². The van der Waals surface area contributed by atoms with Gasteiger partial charge in [0.05, 0.1) is 29.8 Å². The Morgan fingerprint density at radius 3 is 2.23 bits per heavy atom. The molecule has 0 spiro atoms. The number of benzene rings is 2. The Kier molecular flexibility index (Phi) is 5.14. The van der Waals surface area contributed by atoms with Crippen molar-refractivity contribution >= 4 is 11.6 Å². The smallest absolute Gasteiger partial charge is 0.256 e. The molecule has 0 aliphatic rings. The number of hydrogen-bond donors (Lipinski definition) is 1. The van der Waals surface area contributed by atoms with Gasteiger partial charge in [-0.05, 0) is 12.1 Å². The summed E-state index contributed by atoms with van der Waals surface area (Å²) in [5, 5.41) is 2.85. The van der Waals surface area contributed by atoms with Crippen molar-refractivity contribution in [3.63, 3.8) is 0 Å². The Labute approximate surface area is 175 Å². The normalized spacial score (nSPS) is 11.3. The maximum atomic E-state index is 12.9. The standard InChI is InChI=1S/C24H22N4O2/c1-24(2,3)23-26-13-17(14-27-23)28-21(29)18-11-7-8-12-19(18)22-25-15-20(30-22)16-9-5-4-6-10-16/h4-15H,1-3H3,(H,28,29). The van der Waals surface area contributed by atoms with Crippen LogP contribution in [-0.4, -0.2) is 20.9 Å². The van der Waals surface area contributed by atoms with Crippen LogP contribution in [0.25, 0.3) is 22.8 Å². The van der Waals surface area contributed by atoms with Crippen molar-refractivity contribution in [3.05, 3.63) is 84.6 Å². The summed E-state index contributed by atoms with van der Waals surface area (Å²) in [6, 6.07) is 16.9. The first-order valence-electron chi connectivity index (χ1n) is 9.66. The molecule has 2 aromatic carbocycles. The summed E-state index contributed by atoms with van der Waals surface area (Å²) < 4.78 is 5.93. The maximum absolute atomic E-state index is 12.9. The van der Waals surface area contributed by atoms with Crippen LogP contribution >= 0.6 is 0 Å². The molecule has 0 saturated heterocycles. The molecule has 0 aliphatic heterocycles. The summed E-state index contributed by atoms with van der Waals surface area (Å²) >= 11 is 0. The molecule has 4 rings (SSSR count). The van der Waals surface area contributed by atoms with Crippen molar-refractivity contribution < 1.29 is 9.21 Å². The number of rotatable bonds is 4. The molecule has 0 atom stereocenters. The predicted octanol–water partition coefficient (Wildman–Crippen LogP) is 5.35. The van der Waals surface area contributed by atoms with Crippen LogP contribution < -0.4 is 5.32 Å². The topological polar surface area (TPSA) is 80.9 Å². The number of anilines is 1. The fourth-order valence-corrected chi connectivity index (χ4v) is 2.98. The Hall–Kier alpha value is -3.80. The van der Waals surface area contributed by atoms with Gasteiger partial charge in [-0.3, -0.25) is 4.79 Å². The number of nitrogens with zero attached hydrogens (tertiary/aromatic N) is 3. The second-order valence-corrected chi connectivity index (χ2v) is 7.94. The molecule has 6 nitrogen and oxygen atoms in total. The fourth-order valence-electron chi connectivity index (χ4n) is 2.98. The first-order chi connectivity index (χ1) is 14.4. The van der Waals surface area contributed by atoms with Gasteiger partial charge in [-0.1, -0.05) is 63.2 Å². The zero-order chi connectivity index (χ0) is 21.1. The van der Waals surface area contributed by atoms with E-state index in [1.54, 1.807) is 30.7 Å². The number of aromatic nitrogens is 3. The SMILES string of the molecule is CC(C)(C)c1ncc(NC(=O)c2ccccc2-c2ncc(-c3ccccc3)o2)cn1. The lowest BCUT2D eigenvalue weighted by Gasteiger charge is -2.16. The van der Waals surface area contributed by atoms with Crippen LogP contribution in [0.1, 0.15) is 37.0 Å². The third-order valence-electron chi connectivity index (χ3n) is 4.55. The number of oxazole rings is 1. The number of hydrogen-bond acceptors (Lipinski definition) is 5. The summed E-state index contributed by atoms with van der Waals surface area (Å²) in [4.78, 5) is 26.0. The molecule has 0 radical (unpaired) electrons. The van der Waals surface area contributed by atoms with Gasteiger partial charge in [0.25, 0.3) is 5.91 Å². The van der Waals surface area contributed by atoms with Crippen LogP contribution in [0.15, 0.2) is 77.6 Å². The fraction of sp³-hybridized carbons (Fsp3) is 0.167. The Balaban J connectivity index is 1.59. The van der Waals surface area contributed by atoms with Crippen LogP contribution in [0.3, 0.4) is 0 Å². The van der Waals surface area contributed by atoms with E-state index < -0.39 is 0 Å². The quantitative estimate of drug-likeness (QED) is 0.501. The zero-order valence-corrected chi connectivity index (χ0v) is 17.1. The molecule has 6 heteroatoms. The van der Waals surface area contributed by atoms with Crippen molar-refractivity contribution in [1.29, 1.82) is 0 Å². The van der Waals surface area contributed by atoms with Crippen molar-refractivity contribution in [2.45, 2.75) is 26.2 Å². The van der Waals surface area contributed by atoms with E-state index in [2.05, 4.69) is 20.3 Å². The second-order valence-electron chi connectivity index (χ2n) is 7.94. The molecule has 0 unspecified atom stereocenters. The van der Waals surface area contributed by atoms with Gasteiger partial charge in [0.15, 0.2) is 5.76 Å². The number of amides is 1. The van der Waals surface area contributed by atoms with Crippen LogP contribution in [-0.2, 0) is 5.41 Å². The highest BCUT2D eigenvalue weighted by molar-refractivity contribution is 6.08. The van der Waals surface area contributed by atoms with Crippen molar-refractivity contribution in [1.82, 2.24) is 15.0 Å². The molecule has 0 fully saturated rings. The van der Waals surface area contributed by atoms with Gasteiger partial charge in [0.2, 0.25) is 5.89 Å². The van der Waals surface area contributed by atoms with E-state index in [0.29, 0.717) is 34.3 Å². The molecule has 30 heavy (non-hydrogen) atoms. The van der Waals surface area contributed by atoms with Crippen molar-refractivity contribution in [2.24, 2.45) is 0 Å². The van der Waals surface area contributed by atoms with E-state index in [4.69, 9.17) is 4.42 Å². The largest absolute Gasteiger partial charge is 0.436 e. The predicted molar refractivity (Wildman–Crippen MR) is 116 cm³/mol. The summed E-state index contributed by atoms with van der Waals surface area (Å²) in [5.74, 6) is 1.47. The molecule has 0 bridgehead atoms. The first-order valence-corrected chi connectivity index (χ1v) is 9.66. The monoisotopic (exact) mass is 398 g/mol. The minimum Gasteiger partial charge on any atom is -0.436 e. The third-order valence-corrected chi connectivity index (χ3v) is 4.55. The maximum Gasteiger partial charge on any atom is 0.256 e. The van der Waals surface area contributed by atoms with E-state index in [-0.39, 0.29) is 11.3 Å². The Bertz CT molecular complexity index is 1160. The van der Waals surface area contributed by atoms with Gasteiger partial charge in [-0.25, -0.2) is 15.0 Å². The van der Waals surface area contributed by atoms with Gasteiger partial charge >= 0.3 is 0 Å². The molecule has 1 N–H and O–H groups in total. The van der Waals surface area contributed by atoms with Crippen LogP contribution in [0.2, 0.25) is 0 Å². The van der Waals surface area contributed by atoms with E-state index in [0.717, 1.165) is 5.56 Å². The molecule has 2 heterocycles. The van der Waals surface area contributed by atoms with Gasteiger partial charge in [-0.15, -0.1) is 0 Å². The number of carbonyl (C=O) groups excluding carboxylic acids is 1. The molecular formula is C24H22N4O2. The average Bonchev–Trinajstić information content (AvgIpc) is 3.24. The minimum absolute atomic E-state index is 0.156. The summed E-state index contributed by atoms with van der Waals surface area (Å²) in [5.41, 5.74) is 2.37. The highest BCUT2D eigenvalue weighted by Gasteiger charge is 2.19. The summed E-state index contributed by atoms with van der Waals surface area (Å²) in [7, 11) is 0. The second kappa shape index (κ2) is 7.91. The lowest BCUT2D eigenvalue weighted by Crippen LogP contribution is -2.17. The molecule has 150 valence electrons. The average molecular weight is 398 g/mol. The van der Waals surface area contributed by atoms with Gasteiger partial charge < -0.3 is 9.73 Å². The van der Waals surface area contributed by atoms with Crippen molar-refractivity contribution in [3.8, 4) is 22.8 Å². The molecule has 4 aromatic rings. The Morgan fingerprint density at radius 1 is 0.867 bits per heavy atom. The van der Waals surface area contributed by atoms with E-state index in [1.165, 1.54) is 0 Å². The van der Waals surface area contributed by atoms with Crippen LogP contribution in [0, 0.1) is 0 Å². The Morgan fingerprint density at radius 2 is 1.53 bits per heavy atom. The highest BCUT2D eigenvalue weighted by atomic mass is 16.4. The molecule has 1 amide bonds. The van der Waals surface area contributed by atoms with E-state index in [9.17, 15) is 4.79 Å². The van der Waals surface area contributed by atoms with Crippen LogP contribution in [0.5, 0.6) is 0 Å². The van der Waals surface area contributed by atoms with Crippen molar-refractivity contribution in [2.75, 3.05) is 5.32 Å². The molecular weight excluding hydrogens is 376 g/mol. The zero-order valence-electron chi connectivity index (χ0n) is 17.1. The van der Waals surface area contributed by atoms with Gasteiger partial charge in [0, 0.05) is 16.5 Å². The molecule has 0 saturated carbocycles. The molecule has 0 aliphatic carbocycles. The first kappa shape index (κ1) is 19.5. The van der Waals surface area contributed by atoms with Gasteiger partial charge in [-0.2, -0.15) is 0 Å². The molecule has 2 aromatic heterocycles. The third kappa shape index (κ3) is 4.12. The highest BCUT2D eigenvalue weighted by Crippen LogP contribution is 2.28. The minimum atomic E-state index is -0.280. The summed E-state index contributed by atoms with van der Waals surface area (Å²) in [6.07, 6.45) is 4.90. The number of carbonyl (C=O) groups is 1. The van der Waals surface area contributed by atoms with E-state index in [1.807, 2.05) is 63.2 Å². The number of nitrogens with one attached hydrogen (secondary N) is 1. The summed E-state index contributed by atoms with van der Waals surface area (Å²) in [6.45, 7) is 6.12. The lowest BCUT2D eigenvalue weighted by atomic mass is 9.96. The lowest BCUT2D eigenvalue weighted by molar-refractivity contribution is 0.102. The van der Waals surface area contributed by atoms with Gasteiger partial charge in [0.1, 0.15) is 5.82 Å². The van der Waals surface area contributed by atoms with Crippen LogP contribution in [0.4, 0.5) is 5.69 Å².